The van der Waals surface area contributed by atoms with E-state index in [-0.39, 0.29) is 0 Å². The highest BCUT2D eigenvalue weighted by molar-refractivity contribution is 6.17. The Balaban J connectivity index is 2.88. The average Bonchev–Trinajstić information content (AvgIpc) is 2.44. The molecule has 0 fully saturated rings. The van der Waals surface area contributed by atoms with Crippen LogP contribution in [0, 0.1) is 6.92 Å². The number of hydrogen-bond donors (Lipinski definition) is 0. The van der Waals surface area contributed by atoms with Gasteiger partial charge in [0.15, 0.2) is 0 Å². The Morgan fingerprint density at radius 3 is 2.85 bits per heavy atom. The number of aromatic nitrogens is 2. The summed E-state index contributed by atoms with van der Waals surface area (Å²) >= 11 is 5.61. The Morgan fingerprint density at radius 1 is 1.69 bits per heavy atom. The summed E-state index contributed by atoms with van der Waals surface area (Å²) in [6.45, 7) is 4.08. The van der Waals surface area contributed by atoms with Gasteiger partial charge in [-0.1, -0.05) is 6.08 Å². The third-order valence-electron chi connectivity index (χ3n) is 2.18. The standard InChI is InChI=1S/C10H15ClN2/c1-8(5-4-6-11)10-7-12-9(2)13(10)3/h5,7H,4,6H2,1-3H3/b8-5+. The van der Waals surface area contributed by atoms with E-state index in [1.165, 1.54) is 11.3 Å². The Hall–Kier alpha value is -0.760. The fraction of sp³-hybridized carbons (Fsp3) is 0.500. The molecule has 1 rings (SSSR count). The van der Waals surface area contributed by atoms with Crippen LogP contribution in [0.4, 0.5) is 0 Å². The number of aryl methyl sites for hydroxylation is 1. The third-order valence-corrected chi connectivity index (χ3v) is 2.40. The lowest BCUT2D eigenvalue weighted by atomic mass is 10.2. The van der Waals surface area contributed by atoms with Crippen LogP contribution in [0.2, 0.25) is 0 Å². The van der Waals surface area contributed by atoms with Gasteiger partial charge in [-0.25, -0.2) is 4.98 Å². The van der Waals surface area contributed by atoms with E-state index in [1.54, 1.807) is 0 Å². The topological polar surface area (TPSA) is 17.8 Å². The highest BCUT2D eigenvalue weighted by Gasteiger charge is 2.02. The van der Waals surface area contributed by atoms with Crippen LogP contribution in [-0.4, -0.2) is 15.4 Å². The van der Waals surface area contributed by atoms with E-state index in [4.69, 9.17) is 11.6 Å². The van der Waals surface area contributed by atoms with Crippen molar-refractivity contribution in [2.24, 2.45) is 7.05 Å². The fourth-order valence-corrected chi connectivity index (χ4v) is 1.35. The zero-order chi connectivity index (χ0) is 9.84. The number of rotatable bonds is 3. The smallest absolute Gasteiger partial charge is 0.105 e. The molecule has 72 valence electrons. The molecule has 0 aromatic carbocycles. The van der Waals surface area contributed by atoms with Crippen LogP contribution in [0.5, 0.6) is 0 Å². The van der Waals surface area contributed by atoms with Gasteiger partial charge in [0.05, 0.1) is 11.9 Å². The summed E-state index contributed by atoms with van der Waals surface area (Å²) in [6, 6.07) is 0. The molecule has 1 heterocycles. The quantitative estimate of drug-likeness (QED) is 0.683. The number of halogens is 1. The second kappa shape index (κ2) is 4.47. The van der Waals surface area contributed by atoms with Crippen molar-refractivity contribution in [3.8, 4) is 0 Å². The van der Waals surface area contributed by atoms with Crippen LogP contribution in [0.3, 0.4) is 0 Å². The van der Waals surface area contributed by atoms with E-state index in [2.05, 4.69) is 22.6 Å². The zero-order valence-electron chi connectivity index (χ0n) is 8.34. The van der Waals surface area contributed by atoms with Crippen molar-refractivity contribution in [3.63, 3.8) is 0 Å². The summed E-state index contributed by atoms with van der Waals surface area (Å²) in [5.41, 5.74) is 2.41. The van der Waals surface area contributed by atoms with E-state index < -0.39 is 0 Å². The van der Waals surface area contributed by atoms with E-state index in [9.17, 15) is 0 Å². The molecule has 0 aliphatic heterocycles. The SMILES string of the molecule is C/C(=C\CCCl)c1cnc(C)n1C. The molecule has 0 N–H and O–H groups in total. The number of imidazole rings is 1. The molecule has 0 unspecified atom stereocenters. The highest BCUT2D eigenvalue weighted by atomic mass is 35.5. The Labute approximate surface area is 84.2 Å². The lowest BCUT2D eigenvalue weighted by molar-refractivity contribution is 0.844. The summed E-state index contributed by atoms with van der Waals surface area (Å²) in [4.78, 5) is 4.23. The summed E-state index contributed by atoms with van der Waals surface area (Å²) in [5.74, 6) is 1.71. The van der Waals surface area contributed by atoms with Gasteiger partial charge in [-0.2, -0.15) is 0 Å². The Morgan fingerprint density at radius 2 is 2.38 bits per heavy atom. The second-order valence-corrected chi connectivity index (χ2v) is 3.49. The van der Waals surface area contributed by atoms with E-state index in [1.807, 2.05) is 20.2 Å². The summed E-state index contributed by atoms with van der Waals surface area (Å²) in [5, 5.41) is 0. The maximum absolute atomic E-state index is 5.61. The monoisotopic (exact) mass is 198 g/mol. The lowest BCUT2D eigenvalue weighted by Gasteiger charge is -2.03. The molecule has 0 bridgehead atoms. The van der Waals surface area contributed by atoms with Crippen LogP contribution in [-0.2, 0) is 7.05 Å². The molecule has 1 aromatic heterocycles. The van der Waals surface area contributed by atoms with Crippen molar-refractivity contribution in [2.45, 2.75) is 20.3 Å². The van der Waals surface area contributed by atoms with Crippen molar-refractivity contribution in [1.29, 1.82) is 0 Å². The normalized spacial score (nSPS) is 12.2. The predicted molar refractivity (Wildman–Crippen MR) is 56.9 cm³/mol. The lowest BCUT2D eigenvalue weighted by Crippen LogP contribution is -1.96. The van der Waals surface area contributed by atoms with Gasteiger partial charge < -0.3 is 4.57 Å². The first-order chi connectivity index (χ1) is 6.16. The van der Waals surface area contributed by atoms with E-state index in [0.717, 1.165) is 12.2 Å². The molecule has 0 spiro atoms. The van der Waals surface area contributed by atoms with E-state index >= 15 is 0 Å². The van der Waals surface area contributed by atoms with Crippen molar-refractivity contribution in [2.75, 3.05) is 5.88 Å². The first-order valence-electron chi connectivity index (χ1n) is 4.38. The maximum atomic E-state index is 5.61. The van der Waals surface area contributed by atoms with Gasteiger partial charge >= 0.3 is 0 Å². The molecule has 0 aliphatic carbocycles. The summed E-state index contributed by atoms with van der Waals surface area (Å²) in [7, 11) is 2.02. The molecular formula is C10H15ClN2. The summed E-state index contributed by atoms with van der Waals surface area (Å²) < 4.78 is 2.08. The predicted octanol–water partition coefficient (Wildman–Crippen LogP) is 2.76. The van der Waals surface area contributed by atoms with Gasteiger partial charge in [0.1, 0.15) is 5.82 Å². The molecule has 13 heavy (non-hydrogen) atoms. The van der Waals surface area contributed by atoms with Gasteiger partial charge in [0.2, 0.25) is 0 Å². The fourth-order valence-electron chi connectivity index (χ4n) is 1.24. The number of hydrogen-bond acceptors (Lipinski definition) is 1. The molecule has 0 radical (unpaired) electrons. The molecular weight excluding hydrogens is 184 g/mol. The van der Waals surface area contributed by atoms with Gasteiger partial charge in [-0.05, 0) is 25.8 Å². The minimum atomic E-state index is 0.675. The van der Waals surface area contributed by atoms with Crippen LogP contribution in [0.15, 0.2) is 12.3 Å². The Kier molecular flexibility index (Phi) is 3.55. The molecule has 1 aromatic rings. The van der Waals surface area contributed by atoms with Crippen molar-refractivity contribution < 1.29 is 0 Å². The first kappa shape index (κ1) is 10.3. The second-order valence-electron chi connectivity index (χ2n) is 3.11. The minimum Gasteiger partial charge on any atom is -0.332 e. The minimum absolute atomic E-state index is 0.675. The average molecular weight is 199 g/mol. The van der Waals surface area contributed by atoms with Crippen LogP contribution < -0.4 is 0 Å². The van der Waals surface area contributed by atoms with Crippen LogP contribution in [0.25, 0.3) is 5.57 Å². The molecule has 2 nitrogen and oxygen atoms in total. The Bertz CT molecular complexity index is 313. The van der Waals surface area contributed by atoms with Gasteiger partial charge in [0.25, 0.3) is 0 Å². The molecule has 0 aliphatic rings. The largest absolute Gasteiger partial charge is 0.332 e. The van der Waals surface area contributed by atoms with Gasteiger partial charge in [-0.3, -0.25) is 0 Å². The molecule has 0 saturated carbocycles. The van der Waals surface area contributed by atoms with E-state index in [0.29, 0.717) is 5.88 Å². The highest BCUT2D eigenvalue weighted by Crippen LogP contribution is 2.14. The number of allylic oxidation sites excluding steroid dienone is 2. The van der Waals surface area contributed by atoms with Crippen molar-refractivity contribution >= 4 is 17.2 Å². The van der Waals surface area contributed by atoms with Crippen molar-refractivity contribution in [3.05, 3.63) is 23.8 Å². The summed E-state index contributed by atoms with van der Waals surface area (Å²) in [6.07, 6.45) is 4.95. The number of nitrogens with zero attached hydrogens (tertiary/aromatic N) is 2. The van der Waals surface area contributed by atoms with Crippen molar-refractivity contribution in [1.82, 2.24) is 9.55 Å². The van der Waals surface area contributed by atoms with Gasteiger partial charge in [0, 0.05) is 12.9 Å². The molecule has 0 atom stereocenters. The molecule has 0 amide bonds. The zero-order valence-corrected chi connectivity index (χ0v) is 9.10. The third kappa shape index (κ3) is 2.34. The molecule has 3 heteroatoms. The van der Waals surface area contributed by atoms with Crippen LogP contribution in [0.1, 0.15) is 24.9 Å². The maximum Gasteiger partial charge on any atom is 0.105 e. The first-order valence-corrected chi connectivity index (χ1v) is 4.91. The molecule has 0 saturated heterocycles. The van der Waals surface area contributed by atoms with Crippen LogP contribution >= 0.6 is 11.6 Å². The van der Waals surface area contributed by atoms with Gasteiger partial charge in [-0.15, -0.1) is 11.6 Å². The number of alkyl halides is 1.